The van der Waals surface area contributed by atoms with Crippen LogP contribution in [0.3, 0.4) is 0 Å². The Bertz CT molecular complexity index is 613. The molecule has 0 saturated carbocycles. The average Bonchev–Trinajstić information content (AvgIpc) is 2.71. The number of aromatic nitrogens is 2. The van der Waals surface area contributed by atoms with Crippen molar-refractivity contribution < 1.29 is 8.42 Å². The maximum Gasteiger partial charge on any atom is 0.214 e. The molecule has 0 fully saturated rings. The Kier molecular flexibility index (Phi) is 3.41. The number of aromatic amines is 1. The van der Waals surface area contributed by atoms with Crippen molar-refractivity contribution in [2.24, 2.45) is 0 Å². The molecular weight excluding hydrogens is 250 g/mol. The molecular formula is C12H17N3O2S. The molecule has 0 saturated heterocycles. The average molecular weight is 267 g/mol. The largest absolute Gasteiger partial charge is 0.341 e. The van der Waals surface area contributed by atoms with Gasteiger partial charge in [-0.1, -0.05) is 12.1 Å². The van der Waals surface area contributed by atoms with E-state index in [9.17, 15) is 8.42 Å². The van der Waals surface area contributed by atoms with Crippen molar-refractivity contribution in [3.8, 4) is 0 Å². The third kappa shape index (κ3) is 2.54. The lowest BCUT2D eigenvalue weighted by atomic mass is 10.3. The molecule has 1 aromatic carbocycles. The fourth-order valence-corrected chi connectivity index (χ4v) is 2.49. The van der Waals surface area contributed by atoms with E-state index in [2.05, 4.69) is 14.7 Å². The third-order valence-corrected chi connectivity index (χ3v) is 4.70. The molecule has 0 radical (unpaired) electrons. The zero-order valence-corrected chi connectivity index (χ0v) is 11.5. The Hall–Kier alpha value is -1.40. The number of sulfonamides is 1. The van der Waals surface area contributed by atoms with Crippen LogP contribution in [-0.4, -0.2) is 23.6 Å². The first-order chi connectivity index (χ1) is 8.40. The summed E-state index contributed by atoms with van der Waals surface area (Å²) in [4.78, 5) is 7.49. The molecule has 0 bridgehead atoms. The Morgan fingerprint density at radius 2 is 1.89 bits per heavy atom. The van der Waals surface area contributed by atoms with E-state index in [1.54, 1.807) is 20.8 Å². The number of nitrogens with zero attached hydrogens (tertiary/aromatic N) is 1. The molecule has 6 heteroatoms. The van der Waals surface area contributed by atoms with Crippen LogP contribution >= 0.6 is 0 Å². The molecule has 1 aromatic heterocycles. The summed E-state index contributed by atoms with van der Waals surface area (Å²) < 4.78 is 26.2. The highest BCUT2D eigenvalue weighted by Crippen LogP contribution is 2.16. The maximum absolute atomic E-state index is 11.8. The minimum Gasteiger partial charge on any atom is -0.341 e. The SMILES string of the molecule is CC(NS(=O)(=O)C(C)C)c1nc2ccccc2[nH]1. The highest BCUT2D eigenvalue weighted by Gasteiger charge is 2.21. The van der Waals surface area contributed by atoms with E-state index in [1.165, 1.54) is 0 Å². The number of nitrogens with one attached hydrogen (secondary N) is 2. The van der Waals surface area contributed by atoms with Gasteiger partial charge in [-0.25, -0.2) is 18.1 Å². The molecule has 1 heterocycles. The van der Waals surface area contributed by atoms with Crippen LogP contribution in [0.5, 0.6) is 0 Å². The van der Waals surface area contributed by atoms with Crippen LogP contribution in [0.1, 0.15) is 32.6 Å². The standard InChI is InChI=1S/C12H17N3O2S/c1-8(2)18(16,17)15-9(3)12-13-10-6-4-5-7-11(10)14-12/h4-9,15H,1-3H3,(H,13,14). The van der Waals surface area contributed by atoms with E-state index in [-0.39, 0.29) is 6.04 Å². The first-order valence-corrected chi connectivity index (χ1v) is 7.40. The number of imidazole rings is 1. The Balaban J connectivity index is 2.26. The highest BCUT2D eigenvalue weighted by molar-refractivity contribution is 7.90. The Morgan fingerprint density at radius 1 is 1.22 bits per heavy atom. The second-order valence-electron chi connectivity index (χ2n) is 4.57. The number of H-pyrrole nitrogens is 1. The second kappa shape index (κ2) is 4.70. The van der Waals surface area contributed by atoms with Crippen LogP contribution < -0.4 is 4.72 Å². The molecule has 2 aromatic rings. The number of rotatable bonds is 4. The van der Waals surface area contributed by atoms with Gasteiger partial charge in [-0.15, -0.1) is 0 Å². The predicted molar refractivity (Wildman–Crippen MR) is 71.7 cm³/mol. The minimum absolute atomic E-state index is 0.371. The molecule has 18 heavy (non-hydrogen) atoms. The Morgan fingerprint density at radius 3 is 2.50 bits per heavy atom. The molecule has 5 nitrogen and oxygen atoms in total. The van der Waals surface area contributed by atoms with Gasteiger partial charge in [0.05, 0.1) is 22.3 Å². The van der Waals surface area contributed by atoms with Crippen molar-refractivity contribution in [1.29, 1.82) is 0 Å². The van der Waals surface area contributed by atoms with Crippen molar-refractivity contribution in [2.75, 3.05) is 0 Å². The summed E-state index contributed by atoms with van der Waals surface area (Å²) >= 11 is 0. The van der Waals surface area contributed by atoms with E-state index in [0.717, 1.165) is 11.0 Å². The molecule has 1 atom stereocenters. The molecule has 0 aliphatic carbocycles. The van der Waals surface area contributed by atoms with E-state index < -0.39 is 15.3 Å². The van der Waals surface area contributed by atoms with Crippen LogP contribution in [0.25, 0.3) is 11.0 Å². The predicted octanol–water partition coefficient (Wildman–Crippen LogP) is 1.95. The second-order valence-corrected chi connectivity index (χ2v) is 6.84. The van der Waals surface area contributed by atoms with E-state index in [0.29, 0.717) is 5.82 Å². The molecule has 98 valence electrons. The lowest BCUT2D eigenvalue weighted by Crippen LogP contribution is -2.33. The van der Waals surface area contributed by atoms with Crippen LogP contribution in [-0.2, 0) is 10.0 Å². The normalized spacial score (nSPS) is 14.2. The summed E-state index contributed by atoms with van der Waals surface area (Å²) in [5.74, 6) is 0.625. The molecule has 0 amide bonds. The Labute approximate surface area is 107 Å². The monoisotopic (exact) mass is 267 g/mol. The van der Waals surface area contributed by atoms with Crippen molar-refractivity contribution >= 4 is 21.1 Å². The highest BCUT2D eigenvalue weighted by atomic mass is 32.2. The van der Waals surface area contributed by atoms with Gasteiger partial charge in [-0.2, -0.15) is 0 Å². The zero-order chi connectivity index (χ0) is 13.3. The van der Waals surface area contributed by atoms with Gasteiger partial charge in [0.25, 0.3) is 0 Å². The van der Waals surface area contributed by atoms with Gasteiger partial charge in [0.15, 0.2) is 0 Å². The number of hydrogen-bond donors (Lipinski definition) is 2. The van der Waals surface area contributed by atoms with E-state index >= 15 is 0 Å². The quantitative estimate of drug-likeness (QED) is 0.889. The summed E-state index contributed by atoms with van der Waals surface area (Å²) in [6, 6.07) is 7.24. The summed E-state index contributed by atoms with van der Waals surface area (Å²) in [6.07, 6.45) is 0. The van der Waals surface area contributed by atoms with Gasteiger partial charge >= 0.3 is 0 Å². The van der Waals surface area contributed by atoms with Crippen molar-refractivity contribution in [3.63, 3.8) is 0 Å². The van der Waals surface area contributed by atoms with Crippen LogP contribution in [0, 0.1) is 0 Å². The van der Waals surface area contributed by atoms with Gasteiger partial charge in [-0.05, 0) is 32.9 Å². The van der Waals surface area contributed by atoms with Gasteiger partial charge in [0.2, 0.25) is 10.0 Å². The lowest BCUT2D eigenvalue weighted by Gasteiger charge is -2.14. The van der Waals surface area contributed by atoms with Crippen molar-refractivity contribution in [3.05, 3.63) is 30.1 Å². The summed E-state index contributed by atoms with van der Waals surface area (Å²) in [6.45, 7) is 5.07. The lowest BCUT2D eigenvalue weighted by molar-refractivity contribution is 0.553. The first kappa shape index (κ1) is 13.0. The number of fused-ring (bicyclic) bond motifs is 1. The summed E-state index contributed by atoms with van der Waals surface area (Å²) in [5.41, 5.74) is 1.74. The topological polar surface area (TPSA) is 74.8 Å². The molecule has 2 rings (SSSR count). The van der Waals surface area contributed by atoms with E-state index in [1.807, 2.05) is 24.3 Å². The summed E-state index contributed by atoms with van der Waals surface area (Å²) in [7, 11) is -3.29. The summed E-state index contributed by atoms with van der Waals surface area (Å²) in [5, 5.41) is -0.454. The number of para-hydroxylation sites is 2. The van der Waals surface area contributed by atoms with Gasteiger partial charge in [0, 0.05) is 0 Å². The first-order valence-electron chi connectivity index (χ1n) is 5.86. The maximum atomic E-state index is 11.8. The minimum atomic E-state index is -3.29. The fraction of sp³-hybridized carbons (Fsp3) is 0.417. The van der Waals surface area contributed by atoms with Gasteiger partial charge in [-0.3, -0.25) is 0 Å². The third-order valence-electron chi connectivity index (χ3n) is 2.78. The van der Waals surface area contributed by atoms with Gasteiger partial charge in [0.1, 0.15) is 5.82 Å². The number of benzene rings is 1. The zero-order valence-electron chi connectivity index (χ0n) is 10.6. The molecule has 0 aliphatic heterocycles. The van der Waals surface area contributed by atoms with Gasteiger partial charge < -0.3 is 4.98 Å². The number of hydrogen-bond acceptors (Lipinski definition) is 3. The van der Waals surface area contributed by atoms with Crippen molar-refractivity contribution in [2.45, 2.75) is 32.1 Å². The molecule has 0 spiro atoms. The molecule has 1 unspecified atom stereocenters. The van der Waals surface area contributed by atoms with Crippen LogP contribution in [0.2, 0.25) is 0 Å². The van der Waals surface area contributed by atoms with Crippen LogP contribution in [0.15, 0.2) is 24.3 Å². The molecule has 0 aliphatic rings. The van der Waals surface area contributed by atoms with E-state index in [4.69, 9.17) is 0 Å². The van der Waals surface area contributed by atoms with Crippen molar-refractivity contribution in [1.82, 2.24) is 14.7 Å². The smallest absolute Gasteiger partial charge is 0.214 e. The van der Waals surface area contributed by atoms with Crippen LogP contribution in [0.4, 0.5) is 0 Å². The fourth-order valence-electron chi connectivity index (χ4n) is 1.62. The molecule has 2 N–H and O–H groups in total.